The van der Waals surface area contributed by atoms with Crippen LogP contribution in [-0.4, -0.2) is 24.9 Å². The summed E-state index contributed by atoms with van der Waals surface area (Å²) < 4.78 is 0. The topological polar surface area (TPSA) is 64.5 Å². The number of para-hydroxylation sites is 1. The van der Waals surface area contributed by atoms with E-state index in [9.17, 15) is 0 Å². The Balaban J connectivity index is 0.884. The highest BCUT2D eigenvalue weighted by Gasteiger charge is 2.11. The van der Waals surface area contributed by atoms with Crippen LogP contribution in [0.25, 0.3) is 110 Å². The van der Waals surface area contributed by atoms with Crippen LogP contribution in [-0.2, 0) is 0 Å². The van der Waals surface area contributed by atoms with Gasteiger partial charge in [0.1, 0.15) is 0 Å². The van der Waals surface area contributed by atoms with Gasteiger partial charge in [0.25, 0.3) is 0 Å². The van der Waals surface area contributed by atoms with E-state index in [4.69, 9.17) is 19.9 Å². The molecule has 0 N–H and O–H groups in total. The van der Waals surface area contributed by atoms with E-state index < -0.39 is 0 Å². The Morgan fingerprint density at radius 1 is 0.259 bits per heavy atom. The van der Waals surface area contributed by atoms with Gasteiger partial charge in [-0.05, 0) is 88.6 Å². The van der Waals surface area contributed by atoms with E-state index in [2.05, 4.69) is 138 Å². The number of nitrogens with zero attached hydrogens (tertiary/aromatic N) is 5. The molecule has 0 unspecified atom stereocenters. The van der Waals surface area contributed by atoms with Crippen molar-refractivity contribution >= 4 is 65.3 Å². The molecule has 0 saturated carbocycles. The largest absolute Gasteiger partial charge is 0.254 e. The van der Waals surface area contributed by atoms with Gasteiger partial charge in [-0.15, -0.1) is 0 Å². The summed E-state index contributed by atoms with van der Waals surface area (Å²) in [7, 11) is 0. The molecule has 250 valence electrons. The van der Waals surface area contributed by atoms with Crippen LogP contribution in [0, 0.1) is 0 Å². The molecule has 54 heavy (non-hydrogen) atoms. The van der Waals surface area contributed by atoms with Crippen LogP contribution in [0.1, 0.15) is 0 Å². The van der Waals surface area contributed by atoms with Gasteiger partial charge in [0, 0.05) is 44.3 Å². The highest BCUT2D eigenvalue weighted by atomic mass is 14.8. The molecule has 0 aliphatic heterocycles. The first-order chi connectivity index (χ1) is 26.7. The van der Waals surface area contributed by atoms with Gasteiger partial charge >= 0.3 is 0 Å². The van der Waals surface area contributed by atoms with Gasteiger partial charge in [-0.25, -0.2) is 19.9 Å². The van der Waals surface area contributed by atoms with Crippen LogP contribution in [0.4, 0.5) is 0 Å². The SMILES string of the molecule is c1ccc2nc(-c3ccc4ccc(-c5ccc6nc(-c7ccc8cc(-c9ccc%10ccc%11cccnc%11c%10n9)ccc8c7)ccc6c5)cc4n3)ccc2c1. The summed E-state index contributed by atoms with van der Waals surface area (Å²) in [5.41, 5.74) is 12.7. The van der Waals surface area contributed by atoms with Gasteiger partial charge in [0.05, 0.1) is 50.4 Å². The van der Waals surface area contributed by atoms with Crippen molar-refractivity contribution in [2.75, 3.05) is 0 Å². The Morgan fingerprint density at radius 2 is 0.741 bits per heavy atom. The van der Waals surface area contributed by atoms with E-state index in [1.807, 2.05) is 42.6 Å². The standard InChI is InChI=1S/C49H29N5/c1-2-6-41-30(4-1)15-23-45(52-41)46-24-16-31-7-10-37(29-47(31)53-46)36-18-21-42-40(28-36)19-22-43(51-42)38-13-11-35-27-39(14-12-34(35)26-38)44-20-17-33-9-8-32-5-3-25-50-48(32)49(33)54-44/h1-29H. The van der Waals surface area contributed by atoms with Crippen molar-refractivity contribution in [3.8, 4) is 45.0 Å². The smallest absolute Gasteiger partial charge is 0.0972 e. The van der Waals surface area contributed by atoms with Gasteiger partial charge in [0.15, 0.2) is 0 Å². The van der Waals surface area contributed by atoms with E-state index >= 15 is 0 Å². The predicted molar refractivity (Wildman–Crippen MR) is 222 cm³/mol. The first kappa shape index (κ1) is 30.3. The molecule has 0 saturated heterocycles. The Hall–Kier alpha value is -7.37. The van der Waals surface area contributed by atoms with Crippen molar-refractivity contribution in [2.45, 2.75) is 0 Å². The summed E-state index contributed by atoms with van der Waals surface area (Å²) in [6.45, 7) is 0. The molecule has 0 atom stereocenters. The summed E-state index contributed by atoms with van der Waals surface area (Å²) in [6, 6.07) is 59.3. The van der Waals surface area contributed by atoms with E-state index in [0.717, 1.165) is 110 Å². The lowest BCUT2D eigenvalue weighted by Gasteiger charge is -2.10. The molecule has 0 aliphatic carbocycles. The predicted octanol–water partition coefficient (Wildman–Crippen LogP) is 12.2. The minimum Gasteiger partial charge on any atom is -0.254 e. The fraction of sp³-hybridized carbons (Fsp3) is 0. The van der Waals surface area contributed by atoms with Gasteiger partial charge < -0.3 is 0 Å². The molecular formula is C49H29N5. The first-order valence-corrected chi connectivity index (χ1v) is 18.1. The lowest BCUT2D eigenvalue weighted by molar-refractivity contribution is 1.32. The zero-order valence-corrected chi connectivity index (χ0v) is 29.0. The molecule has 5 heterocycles. The Kier molecular flexibility index (Phi) is 6.79. The highest BCUT2D eigenvalue weighted by Crippen LogP contribution is 2.32. The van der Waals surface area contributed by atoms with Crippen molar-refractivity contribution < 1.29 is 0 Å². The van der Waals surface area contributed by atoms with Crippen LogP contribution >= 0.6 is 0 Å². The maximum atomic E-state index is 5.09. The second-order valence-corrected chi connectivity index (χ2v) is 13.8. The summed E-state index contributed by atoms with van der Waals surface area (Å²) in [6.07, 6.45) is 1.83. The minimum atomic E-state index is 0.864. The molecule has 0 radical (unpaired) electrons. The molecule has 0 fully saturated rings. The number of rotatable bonds is 4. The van der Waals surface area contributed by atoms with Crippen LogP contribution in [0.2, 0.25) is 0 Å². The van der Waals surface area contributed by atoms with Crippen LogP contribution in [0.3, 0.4) is 0 Å². The van der Waals surface area contributed by atoms with Crippen LogP contribution in [0.15, 0.2) is 176 Å². The van der Waals surface area contributed by atoms with Gasteiger partial charge in [-0.2, -0.15) is 0 Å². The molecule has 11 aromatic rings. The average molecular weight is 688 g/mol. The minimum absolute atomic E-state index is 0.864. The maximum absolute atomic E-state index is 5.09. The van der Waals surface area contributed by atoms with E-state index in [1.165, 1.54) is 0 Å². The lowest BCUT2D eigenvalue weighted by atomic mass is 9.99. The lowest BCUT2D eigenvalue weighted by Crippen LogP contribution is -1.90. The average Bonchev–Trinajstić information content (AvgIpc) is 3.24. The van der Waals surface area contributed by atoms with E-state index in [0.29, 0.717) is 0 Å². The number of hydrogen-bond donors (Lipinski definition) is 0. The summed E-state index contributed by atoms with van der Waals surface area (Å²) in [5, 5.41) is 7.81. The monoisotopic (exact) mass is 687 g/mol. The second-order valence-electron chi connectivity index (χ2n) is 13.8. The molecule has 0 bridgehead atoms. The van der Waals surface area contributed by atoms with E-state index in [-0.39, 0.29) is 0 Å². The molecule has 0 aliphatic rings. The highest BCUT2D eigenvalue weighted by molar-refractivity contribution is 6.03. The number of benzene rings is 6. The number of aromatic nitrogens is 5. The van der Waals surface area contributed by atoms with Crippen LogP contribution < -0.4 is 0 Å². The first-order valence-electron chi connectivity index (χ1n) is 18.1. The summed E-state index contributed by atoms with van der Waals surface area (Å²) in [5.74, 6) is 0. The third-order valence-electron chi connectivity index (χ3n) is 10.4. The number of pyridine rings is 5. The molecular weight excluding hydrogens is 659 g/mol. The van der Waals surface area contributed by atoms with Crippen molar-refractivity contribution in [3.05, 3.63) is 176 Å². The van der Waals surface area contributed by atoms with Gasteiger partial charge in [-0.3, -0.25) is 4.98 Å². The third kappa shape index (κ3) is 5.22. The normalized spacial score (nSPS) is 11.7. The quantitative estimate of drug-likeness (QED) is 0.172. The molecule has 6 aromatic carbocycles. The molecule has 0 amide bonds. The van der Waals surface area contributed by atoms with Crippen molar-refractivity contribution in [3.63, 3.8) is 0 Å². The zero-order valence-electron chi connectivity index (χ0n) is 29.0. The molecule has 5 heteroatoms. The van der Waals surface area contributed by atoms with Gasteiger partial charge in [0.2, 0.25) is 0 Å². The molecule has 11 rings (SSSR count). The molecule has 0 spiro atoms. The Bertz CT molecular complexity index is 3300. The Morgan fingerprint density at radius 3 is 1.56 bits per heavy atom. The van der Waals surface area contributed by atoms with Gasteiger partial charge in [-0.1, -0.05) is 103 Å². The number of fused-ring (bicyclic) bond motifs is 7. The summed E-state index contributed by atoms with van der Waals surface area (Å²) in [4.78, 5) is 24.7. The maximum Gasteiger partial charge on any atom is 0.0972 e. The fourth-order valence-corrected chi connectivity index (χ4v) is 7.56. The van der Waals surface area contributed by atoms with E-state index in [1.54, 1.807) is 0 Å². The van der Waals surface area contributed by atoms with Crippen LogP contribution in [0.5, 0.6) is 0 Å². The van der Waals surface area contributed by atoms with Crippen molar-refractivity contribution in [1.82, 2.24) is 24.9 Å². The third-order valence-corrected chi connectivity index (χ3v) is 10.4. The van der Waals surface area contributed by atoms with Crippen molar-refractivity contribution in [1.29, 1.82) is 0 Å². The van der Waals surface area contributed by atoms with Crippen molar-refractivity contribution in [2.24, 2.45) is 0 Å². The summed E-state index contributed by atoms with van der Waals surface area (Å²) >= 11 is 0. The Labute approximate surface area is 310 Å². The number of hydrogen-bond acceptors (Lipinski definition) is 5. The molecule has 5 nitrogen and oxygen atoms in total. The second kappa shape index (κ2) is 12.1. The zero-order chi connectivity index (χ0) is 35.6. The fourth-order valence-electron chi connectivity index (χ4n) is 7.56. The molecule has 5 aromatic heterocycles.